The summed E-state index contributed by atoms with van der Waals surface area (Å²) in [5, 5.41) is 0. The Labute approximate surface area is 57.8 Å². The molecule has 5 heavy (non-hydrogen) atoms. The van der Waals surface area contributed by atoms with E-state index in [0.29, 0.717) is 0 Å². The van der Waals surface area contributed by atoms with Gasteiger partial charge in [-0.3, -0.25) is 0 Å². The van der Waals surface area contributed by atoms with Gasteiger partial charge in [0.15, 0.2) is 0 Å². The molecule has 0 aliphatic heterocycles. The first-order valence-electron chi connectivity index (χ1n) is 1.07. The fourth-order valence-electron chi connectivity index (χ4n) is 0. The Morgan fingerprint density at radius 3 is 0.800 bits per heavy atom. The monoisotopic (exact) mass is 518 g/mol. The molecule has 0 nitrogen and oxygen atoms in total. The molecule has 0 aliphatic carbocycles. The van der Waals surface area contributed by atoms with E-state index >= 15 is 0 Å². The second-order valence-corrected chi connectivity index (χ2v) is 144. The third-order valence-corrected chi connectivity index (χ3v) is 0. The van der Waals surface area contributed by atoms with Crippen LogP contribution in [0.5, 0.6) is 0 Å². The van der Waals surface area contributed by atoms with Crippen LogP contribution in [0.4, 0.5) is 0 Å². The summed E-state index contributed by atoms with van der Waals surface area (Å²) in [5.41, 5.74) is 0. The van der Waals surface area contributed by atoms with Crippen molar-refractivity contribution in [2.24, 2.45) is 0 Å². The molecule has 0 heterocycles. The van der Waals surface area contributed by atoms with Gasteiger partial charge in [-0.15, -0.1) is 0 Å². The van der Waals surface area contributed by atoms with Crippen molar-refractivity contribution >= 4 is 47.6 Å². The molecule has 5 heteroatoms. The Balaban J connectivity index is 3.02. The van der Waals surface area contributed by atoms with Crippen LogP contribution in [0.2, 0.25) is 0 Å². The zero-order chi connectivity index (χ0) is 4.50. The summed E-state index contributed by atoms with van der Waals surface area (Å²) >= 11 is 11.3. The first-order chi connectivity index (χ1) is 2.00. The minimum absolute atomic E-state index is 2.14. The Kier molecular flexibility index (Phi) is 4.71. The van der Waals surface area contributed by atoms with Crippen molar-refractivity contribution in [2.75, 3.05) is 0 Å². The molecule has 0 N–H and O–H groups in total. The average Bonchev–Trinajstić information content (AvgIpc) is 0.722. The Bertz CT molecular complexity index is 19.1. The van der Waals surface area contributed by atoms with Crippen LogP contribution in [-0.4, -0.2) is 0 Å². The van der Waals surface area contributed by atoms with Crippen LogP contribution in [0.3, 0.4) is 0 Å². The molecule has 30 valence electrons. The van der Waals surface area contributed by atoms with Gasteiger partial charge >= 0.3 is 59.4 Å². The third-order valence-electron chi connectivity index (χ3n) is 0. The van der Waals surface area contributed by atoms with Gasteiger partial charge in [0.2, 0.25) is 0 Å². The zero-order valence-electron chi connectivity index (χ0n) is 2.22. The third kappa shape index (κ3) is 19.8. The quantitative estimate of drug-likeness (QED) is 0.430. The molecule has 0 atom stereocenters. The molecule has 0 unspecified atom stereocenters. The van der Waals surface area contributed by atoms with Crippen molar-refractivity contribution in [3.63, 3.8) is 0 Å². The van der Waals surface area contributed by atoms with E-state index in [0.717, 1.165) is 0 Å². The first kappa shape index (κ1) is 7.86. The van der Waals surface area contributed by atoms with Gasteiger partial charge < -0.3 is 0 Å². The summed E-state index contributed by atoms with van der Waals surface area (Å²) in [6.07, 6.45) is 0. The van der Waals surface area contributed by atoms with Gasteiger partial charge in [-0.25, -0.2) is 0 Å². The molecule has 0 fully saturated rings. The number of hydrogen-bond donors (Lipinski definition) is 0. The van der Waals surface area contributed by atoms with Crippen molar-refractivity contribution in [1.82, 2.24) is 0 Å². The molecule has 0 saturated heterocycles. The summed E-state index contributed by atoms with van der Waals surface area (Å²) in [6, 6.07) is 0. The molecule has 0 rings (SSSR count). The Morgan fingerprint density at radius 2 is 0.800 bits per heavy atom. The molecule has 0 aromatic heterocycles. The normalized spacial score (nSPS) is 8.80. The predicted molar refractivity (Wildman–Crippen MR) is 35.7 cm³/mol. The van der Waals surface area contributed by atoms with Gasteiger partial charge in [-0.05, 0) is 0 Å². The maximum atomic E-state index is 3.36. The van der Waals surface area contributed by atoms with E-state index in [-0.39, 0.29) is 0 Å². The van der Waals surface area contributed by atoms with E-state index in [2.05, 4.69) is 47.6 Å². The minimum atomic E-state index is -2.14. The van der Waals surface area contributed by atoms with Crippen LogP contribution in [0.15, 0.2) is 0 Å². The Morgan fingerprint density at radius 1 is 0.800 bits per heavy atom. The molecule has 0 aliphatic rings. The van der Waals surface area contributed by atoms with Crippen molar-refractivity contribution < 1.29 is 11.8 Å². The van der Waals surface area contributed by atoms with E-state index in [1.807, 2.05) is 0 Å². The molecule has 0 saturated carbocycles. The molecule has 0 aromatic rings. The number of hydrogen-bond acceptors (Lipinski definition) is 0. The van der Waals surface area contributed by atoms with Gasteiger partial charge in [0.25, 0.3) is 0 Å². The molecule has 0 bridgehead atoms. The topological polar surface area (TPSA) is 0 Å². The van der Waals surface area contributed by atoms with Gasteiger partial charge in [0.1, 0.15) is 0 Å². The van der Waals surface area contributed by atoms with Crippen LogP contribution in [0, 0.1) is 0 Å². The van der Waals surface area contributed by atoms with Gasteiger partial charge in [0, 0.05) is 0 Å². The van der Waals surface area contributed by atoms with Crippen molar-refractivity contribution in [3.05, 3.63) is 0 Å². The van der Waals surface area contributed by atoms with Crippen LogP contribution >= 0.6 is 47.6 Å². The molecular formula is Br4Hg. The number of rotatable bonds is 0. The van der Waals surface area contributed by atoms with Crippen LogP contribution in [0.1, 0.15) is 0 Å². The summed E-state index contributed by atoms with van der Waals surface area (Å²) in [6.45, 7) is 0. The van der Waals surface area contributed by atoms with Crippen LogP contribution < -0.4 is 0 Å². The van der Waals surface area contributed by atoms with E-state index in [4.69, 9.17) is 0 Å². The molecule has 0 amide bonds. The fourth-order valence-corrected chi connectivity index (χ4v) is 0. The van der Waals surface area contributed by atoms with Crippen LogP contribution in [-0.2, 0) is 11.8 Å². The SMILES string of the molecule is [Br][Hg]([Br])([Br])[Br]. The van der Waals surface area contributed by atoms with Crippen molar-refractivity contribution in [1.29, 1.82) is 0 Å². The van der Waals surface area contributed by atoms with Gasteiger partial charge in [-0.2, -0.15) is 0 Å². The van der Waals surface area contributed by atoms with E-state index in [9.17, 15) is 0 Å². The Hall–Kier alpha value is 2.86. The molecule has 0 spiro atoms. The van der Waals surface area contributed by atoms with E-state index < -0.39 is 11.8 Å². The van der Waals surface area contributed by atoms with Crippen LogP contribution in [0.25, 0.3) is 0 Å². The predicted octanol–water partition coefficient (Wildman–Crippen LogP) is 3.38. The standard InChI is InChI=1S/4BrH.Hg/h4*1H;/q;;;;+4/p-4. The maximum absolute atomic E-state index is 3.36. The number of halogens is 4. The second-order valence-electron chi connectivity index (χ2n) is 0.606. The summed E-state index contributed by atoms with van der Waals surface area (Å²) < 4.78 is 0. The second kappa shape index (κ2) is 3.00. The molecule has 0 radical (unpaired) electrons. The van der Waals surface area contributed by atoms with Gasteiger partial charge in [-0.1, -0.05) is 0 Å². The zero-order valence-corrected chi connectivity index (χ0v) is 14.1. The van der Waals surface area contributed by atoms with Gasteiger partial charge in [0.05, 0.1) is 0 Å². The summed E-state index contributed by atoms with van der Waals surface area (Å²) in [4.78, 5) is 0. The molecular weight excluding hydrogens is 520 g/mol. The van der Waals surface area contributed by atoms with E-state index in [1.165, 1.54) is 0 Å². The van der Waals surface area contributed by atoms with Crippen molar-refractivity contribution in [2.45, 2.75) is 0 Å². The summed E-state index contributed by atoms with van der Waals surface area (Å²) in [5.74, 6) is 0. The summed E-state index contributed by atoms with van der Waals surface area (Å²) in [7, 11) is 0. The average molecular weight is 520 g/mol. The van der Waals surface area contributed by atoms with E-state index in [1.54, 1.807) is 0 Å². The first-order valence-corrected chi connectivity index (χ1v) is 48.7. The van der Waals surface area contributed by atoms with Crippen molar-refractivity contribution in [3.8, 4) is 0 Å². The fraction of sp³-hybridized carbons (Fsp3) is 0. The molecule has 0 aromatic carbocycles.